The molecule has 0 radical (unpaired) electrons. The van der Waals surface area contributed by atoms with Crippen LogP contribution in [0.3, 0.4) is 0 Å². The molecule has 142 valence electrons. The van der Waals surface area contributed by atoms with Gasteiger partial charge in [0.05, 0.1) is 22.6 Å². The largest absolute Gasteiger partial charge is 0.489 e. The second kappa shape index (κ2) is 8.46. The van der Waals surface area contributed by atoms with E-state index in [9.17, 15) is 5.11 Å². The summed E-state index contributed by atoms with van der Waals surface area (Å²) in [6.07, 6.45) is 0.0107. The summed E-state index contributed by atoms with van der Waals surface area (Å²) >= 11 is 6.12. The maximum Gasteiger partial charge on any atom is 0.138 e. The highest BCUT2D eigenvalue weighted by Gasteiger charge is 2.15. The lowest BCUT2D eigenvalue weighted by atomic mass is 10.1. The smallest absolute Gasteiger partial charge is 0.138 e. The van der Waals surface area contributed by atoms with Gasteiger partial charge in [0, 0.05) is 6.42 Å². The average molecular weight is 393 g/mol. The van der Waals surface area contributed by atoms with E-state index in [2.05, 4.69) is 16.7 Å². The molecule has 0 unspecified atom stereocenters. The van der Waals surface area contributed by atoms with Crippen LogP contribution in [0.1, 0.15) is 11.4 Å². The van der Waals surface area contributed by atoms with Gasteiger partial charge in [-0.25, -0.2) is 4.98 Å². The number of aromatic nitrogens is 2. The van der Waals surface area contributed by atoms with Crippen molar-refractivity contribution in [3.05, 3.63) is 95.3 Å². The quantitative estimate of drug-likeness (QED) is 0.495. The van der Waals surface area contributed by atoms with E-state index < -0.39 is 6.10 Å². The summed E-state index contributed by atoms with van der Waals surface area (Å²) in [7, 11) is 0. The molecule has 1 N–H and O–H groups in total. The standard InChI is InChI=1S/C23H21ClN2O2/c24-19-10-4-7-13-22(19)28-16-18(27)15-26-21-12-6-5-11-20(21)25-23(26)14-17-8-2-1-3-9-17/h1-13,18,27H,14-16H2/t18-/m1/s1. The molecule has 3 aromatic carbocycles. The predicted octanol–water partition coefficient (Wildman–Crippen LogP) is 4.72. The highest BCUT2D eigenvalue weighted by Crippen LogP contribution is 2.24. The zero-order valence-electron chi connectivity index (χ0n) is 15.3. The summed E-state index contributed by atoms with van der Waals surface area (Å²) in [6, 6.07) is 25.5. The van der Waals surface area contributed by atoms with E-state index in [1.807, 2.05) is 54.6 Å². The number of nitrogens with zero attached hydrogens (tertiary/aromatic N) is 2. The molecule has 0 aliphatic heterocycles. The molecule has 4 rings (SSSR count). The fourth-order valence-electron chi connectivity index (χ4n) is 3.25. The average Bonchev–Trinajstić information content (AvgIpc) is 3.05. The summed E-state index contributed by atoms with van der Waals surface area (Å²) in [5, 5.41) is 11.1. The normalized spacial score (nSPS) is 12.2. The van der Waals surface area contributed by atoms with E-state index in [-0.39, 0.29) is 6.61 Å². The number of aliphatic hydroxyl groups is 1. The lowest BCUT2D eigenvalue weighted by Crippen LogP contribution is -2.24. The van der Waals surface area contributed by atoms with Gasteiger partial charge in [0.1, 0.15) is 24.3 Å². The van der Waals surface area contributed by atoms with Crippen LogP contribution in [0, 0.1) is 0 Å². The third kappa shape index (κ3) is 4.19. The molecule has 4 aromatic rings. The molecule has 1 atom stereocenters. The summed E-state index contributed by atoms with van der Waals surface area (Å²) in [6.45, 7) is 0.550. The van der Waals surface area contributed by atoms with Gasteiger partial charge in [-0.05, 0) is 29.8 Å². The minimum absolute atomic E-state index is 0.154. The Balaban J connectivity index is 1.55. The van der Waals surface area contributed by atoms with Gasteiger partial charge in [-0.1, -0.05) is 66.2 Å². The molecule has 1 aromatic heterocycles. The molecule has 1 heterocycles. The number of hydrogen-bond acceptors (Lipinski definition) is 3. The molecule has 0 saturated carbocycles. The third-order valence-corrected chi connectivity index (χ3v) is 4.91. The first-order valence-electron chi connectivity index (χ1n) is 9.24. The number of hydrogen-bond donors (Lipinski definition) is 1. The van der Waals surface area contributed by atoms with E-state index in [1.165, 1.54) is 5.56 Å². The molecule has 0 bridgehead atoms. The Morgan fingerprint density at radius 3 is 2.46 bits per heavy atom. The highest BCUT2D eigenvalue weighted by atomic mass is 35.5. The Morgan fingerprint density at radius 2 is 1.64 bits per heavy atom. The van der Waals surface area contributed by atoms with Gasteiger partial charge in [0.2, 0.25) is 0 Å². The SMILES string of the molecule is O[C@@H](COc1ccccc1Cl)Cn1c(Cc2ccccc2)nc2ccccc21. The number of benzene rings is 3. The van der Waals surface area contributed by atoms with Gasteiger partial charge in [-0.3, -0.25) is 0 Å². The molecule has 0 spiro atoms. The van der Waals surface area contributed by atoms with E-state index in [0.29, 0.717) is 23.7 Å². The molecule has 0 fully saturated rings. The second-order valence-corrected chi connectivity index (χ2v) is 7.09. The van der Waals surface area contributed by atoms with Crippen LogP contribution >= 0.6 is 11.6 Å². The lowest BCUT2D eigenvalue weighted by molar-refractivity contribution is 0.0928. The van der Waals surface area contributed by atoms with Crippen molar-refractivity contribution in [2.75, 3.05) is 6.61 Å². The first-order valence-corrected chi connectivity index (χ1v) is 9.62. The lowest BCUT2D eigenvalue weighted by Gasteiger charge is -2.16. The molecular weight excluding hydrogens is 372 g/mol. The van der Waals surface area contributed by atoms with Gasteiger partial charge in [0.15, 0.2) is 0 Å². The number of halogens is 1. The van der Waals surface area contributed by atoms with Crippen molar-refractivity contribution in [1.82, 2.24) is 9.55 Å². The van der Waals surface area contributed by atoms with Gasteiger partial charge in [-0.15, -0.1) is 0 Å². The van der Waals surface area contributed by atoms with E-state index >= 15 is 0 Å². The van der Waals surface area contributed by atoms with E-state index in [4.69, 9.17) is 21.3 Å². The first-order chi connectivity index (χ1) is 13.7. The number of rotatable bonds is 7. The Morgan fingerprint density at radius 1 is 0.929 bits per heavy atom. The van der Waals surface area contributed by atoms with Crippen LogP contribution in [0.5, 0.6) is 5.75 Å². The molecule has 0 aliphatic carbocycles. The molecule has 0 saturated heterocycles. The van der Waals surface area contributed by atoms with Gasteiger partial charge >= 0.3 is 0 Å². The van der Waals surface area contributed by atoms with Crippen molar-refractivity contribution in [2.24, 2.45) is 0 Å². The van der Waals surface area contributed by atoms with Crippen LogP contribution in [0.4, 0.5) is 0 Å². The Bertz CT molecular complexity index is 1060. The van der Waals surface area contributed by atoms with Crippen LogP contribution < -0.4 is 4.74 Å². The van der Waals surface area contributed by atoms with Crippen LogP contribution in [-0.4, -0.2) is 27.4 Å². The van der Waals surface area contributed by atoms with Crippen molar-refractivity contribution in [1.29, 1.82) is 0 Å². The van der Waals surface area contributed by atoms with Crippen LogP contribution in [-0.2, 0) is 13.0 Å². The summed E-state index contributed by atoms with van der Waals surface area (Å²) in [4.78, 5) is 4.78. The van der Waals surface area contributed by atoms with Crippen molar-refractivity contribution in [3.63, 3.8) is 0 Å². The second-order valence-electron chi connectivity index (χ2n) is 6.68. The molecule has 4 nitrogen and oxygen atoms in total. The number of fused-ring (bicyclic) bond motifs is 1. The minimum atomic E-state index is -0.691. The zero-order valence-corrected chi connectivity index (χ0v) is 16.1. The van der Waals surface area contributed by atoms with E-state index in [0.717, 1.165) is 16.9 Å². The summed E-state index contributed by atoms with van der Waals surface area (Å²) in [5.41, 5.74) is 3.11. The summed E-state index contributed by atoms with van der Waals surface area (Å²) < 4.78 is 7.77. The van der Waals surface area contributed by atoms with Crippen molar-refractivity contribution in [2.45, 2.75) is 19.1 Å². The topological polar surface area (TPSA) is 47.3 Å². The van der Waals surface area contributed by atoms with Crippen molar-refractivity contribution >= 4 is 22.6 Å². The van der Waals surface area contributed by atoms with Gasteiger partial charge in [0.25, 0.3) is 0 Å². The van der Waals surface area contributed by atoms with Gasteiger partial charge in [-0.2, -0.15) is 0 Å². The van der Waals surface area contributed by atoms with Crippen LogP contribution in [0.15, 0.2) is 78.9 Å². The molecular formula is C23H21ClN2O2. The van der Waals surface area contributed by atoms with Crippen molar-refractivity contribution < 1.29 is 9.84 Å². The zero-order chi connectivity index (χ0) is 19.3. The fraction of sp³-hybridized carbons (Fsp3) is 0.174. The van der Waals surface area contributed by atoms with Crippen LogP contribution in [0.25, 0.3) is 11.0 Å². The molecule has 28 heavy (non-hydrogen) atoms. The number of imidazole rings is 1. The highest BCUT2D eigenvalue weighted by molar-refractivity contribution is 6.32. The Hall–Kier alpha value is -2.82. The Kier molecular flexibility index (Phi) is 5.60. The molecule has 5 heteroatoms. The third-order valence-electron chi connectivity index (χ3n) is 4.60. The first kappa shape index (κ1) is 18.5. The number of para-hydroxylation sites is 3. The monoisotopic (exact) mass is 392 g/mol. The Labute approximate surface area is 169 Å². The van der Waals surface area contributed by atoms with Crippen molar-refractivity contribution in [3.8, 4) is 5.75 Å². The molecule has 0 amide bonds. The number of aliphatic hydroxyl groups excluding tert-OH is 1. The molecule has 0 aliphatic rings. The predicted molar refractivity (Wildman–Crippen MR) is 112 cm³/mol. The summed E-state index contributed by atoms with van der Waals surface area (Å²) in [5.74, 6) is 1.49. The minimum Gasteiger partial charge on any atom is -0.489 e. The fourth-order valence-corrected chi connectivity index (χ4v) is 3.44. The maximum atomic E-state index is 10.6. The van der Waals surface area contributed by atoms with Crippen LogP contribution in [0.2, 0.25) is 5.02 Å². The number of ether oxygens (including phenoxy) is 1. The van der Waals surface area contributed by atoms with E-state index in [1.54, 1.807) is 12.1 Å². The van der Waals surface area contributed by atoms with Gasteiger partial charge < -0.3 is 14.4 Å². The maximum absolute atomic E-state index is 10.6.